The van der Waals surface area contributed by atoms with Gasteiger partial charge >= 0.3 is 6.01 Å². The Morgan fingerprint density at radius 1 is 0.900 bits per heavy atom. The van der Waals surface area contributed by atoms with E-state index in [0.29, 0.717) is 11.4 Å². The van der Waals surface area contributed by atoms with Crippen LogP contribution in [-0.2, 0) is 10.2 Å². The highest BCUT2D eigenvalue weighted by atomic mass is 16.5. The summed E-state index contributed by atoms with van der Waals surface area (Å²) in [4.78, 5) is 11.1. The third kappa shape index (κ3) is 3.43. The molecular formula is C25H27N3O2. The van der Waals surface area contributed by atoms with Crippen LogP contribution in [0.15, 0.2) is 60.9 Å². The van der Waals surface area contributed by atoms with Gasteiger partial charge in [-0.1, -0.05) is 55.8 Å². The van der Waals surface area contributed by atoms with E-state index in [1.807, 2.05) is 24.5 Å². The van der Waals surface area contributed by atoms with Gasteiger partial charge in [0.2, 0.25) is 0 Å². The van der Waals surface area contributed by atoms with Crippen LogP contribution >= 0.6 is 0 Å². The largest absolute Gasteiger partial charge is 0.424 e. The average Bonchev–Trinajstić information content (AvgIpc) is 2.68. The van der Waals surface area contributed by atoms with Crippen molar-refractivity contribution in [2.75, 3.05) is 31.2 Å². The third-order valence-electron chi connectivity index (χ3n) is 6.41. The van der Waals surface area contributed by atoms with Crippen LogP contribution in [0.1, 0.15) is 30.5 Å². The van der Waals surface area contributed by atoms with E-state index in [-0.39, 0.29) is 5.41 Å². The summed E-state index contributed by atoms with van der Waals surface area (Å²) in [6.45, 7) is 10.4. The molecule has 2 saturated heterocycles. The molecule has 5 heteroatoms. The zero-order valence-electron chi connectivity index (χ0n) is 17.8. The summed E-state index contributed by atoms with van der Waals surface area (Å²) in [5.41, 5.74) is 5.14. The Bertz CT molecular complexity index is 1020. The van der Waals surface area contributed by atoms with Crippen LogP contribution < -0.4 is 9.64 Å². The highest BCUT2D eigenvalue weighted by Gasteiger charge is 2.49. The molecule has 2 aliphatic heterocycles. The molecule has 0 amide bonds. The summed E-state index contributed by atoms with van der Waals surface area (Å²) in [7, 11) is 0. The second-order valence-corrected chi connectivity index (χ2v) is 9.19. The van der Waals surface area contributed by atoms with Crippen LogP contribution in [0, 0.1) is 12.3 Å². The summed E-state index contributed by atoms with van der Waals surface area (Å²) in [5, 5.41) is 0. The summed E-state index contributed by atoms with van der Waals surface area (Å²) in [6, 6.07) is 17.3. The molecule has 5 nitrogen and oxygen atoms in total. The zero-order valence-corrected chi connectivity index (χ0v) is 17.8. The number of ether oxygens (including phenoxy) is 2. The highest BCUT2D eigenvalue weighted by Crippen LogP contribution is 2.40. The van der Waals surface area contributed by atoms with E-state index < -0.39 is 0 Å². The number of anilines is 1. The first-order valence-corrected chi connectivity index (χ1v) is 10.4. The average molecular weight is 402 g/mol. The molecule has 0 N–H and O–H groups in total. The van der Waals surface area contributed by atoms with Gasteiger partial charge in [-0.15, -0.1) is 0 Å². The third-order valence-corrected chi connectivity index (χ3v) is 6.41. The Morgan fingerprint density at radius 2 is 1.47 bits per heavy atom. The van der Waals surface area contributed by atoms with Gasteiger partial charge in [-0.2, -0.15) is 0 Å². The van der Waals surface area contributed by atoms with E-state index in [0.717, 1.165) is 37.7 Å². The number of hydrogen-bond donors (Lipinski definition) is 0. The molecule has 5 rings (SSSR count). The van der Waals surface area contributed by atoms with Crippen LogP contribution in [0.2, 0.25) is 0 Å². The molecule has 3 heterocycles. The minimum absolute atomic E-state index is 0.0789. The Labute approximate surface area is 177 Å². The Morgan fingerprint density at radius 3 is 2.00 bits per heavy atom. The van der Waals surface area contributed by atoms with Gasteiger partial charge in [0.15, 0.2) is 0 Å². The van der Waals surface area contributed by atoms with Gasteiger partial charge in [0.1, 0.15) is 5.75 Å². The van der Waals surface area contributed by atoms with Crippen molar-refractivity contribution in [3.8, 4) is 11.8 Å². The summed E-state index contributed by atoms with van der Waals surface area (Å²) >= 11 is 0. The first kappa shape index (κ1) is 19.1. The summed E-state index contributed by atoms with van der Waals surface area (Å²) in [6.07, 6.45) is 3.67. The predicted octanol–water partition coefficient (Wildman–Crippen LogP) is 4.74. The van der Waals surface area contributed by atoms with Crippen molar-refractivity contribution in [3.63, 3.8) is 0 Å². The van der Waals surface area contributed by atoms with E-state index in [9.17, 15) is 0 Å². The van der Waals surface area contributed by atoms with E-state index in [4.69, 9.17) is 9.47 Å². The molecule has 2 fully saturated rings. The van der Waals surface area contributed by atoms with E-state index >= 15 is 0 Å². The number of hydrogen-bond acceptors (Lipinski definition) is 5. The van der Waals surface area contributed by atoms with E-state index in [1.54, 1.807) is 0 Å². The second kappa shape index (κ2) is 7.10. The number of nitrogens with zero attached hydrogens (tertiary/aromatic N) is 3. The van der Waals surface area contributed by atoms with Crippen molar-refractivity contribution >= 4 is 5.69 Å². The topological polar surface area (TPSA) is 47.5 Å². The van der Waals surface area contributed by atoms with Gasteiger partial charge < -0.3 is 14.4 Å². The van der Waals surface area contributed by atoms with Gasteiger partial charge in [0.05, 0.1) is 36.7 Å². The van der Waals surface area contributed by atoms with Gasteiger partial charge in [0.25, 0.3) is 0 Å². The maximum atomic E-state index is 5.87. The molecule has 154 valence electrons. The fourth-order valence-corrected chi connectivity index (χ4v) is 4.23. The lowest BCUT2D eigenvalue weighted by Gasteiger charge is -2.55. The van der Waals surface area contributed by atoms with Crippen LogP contribution in [-0.4, -0.2) is 36.3 Å². The second-order valence-electron chi connectivity index (χ2n) is 9.19. The minimum Gasteiger partial charge on any atom is -0.424 e. The Kier molecular flexibility index (Phi) is 4.51. The monoisotopic (exact) mass is 401 g/mol. The molecule has 1 aromatic heterocycles. The van der Waals surface area contributed by atoms with Crippen LogP contribution in [0.5, 0.6) is 11.8 Å². The van der Waals surface area contributed by atoms with Gasteiger partial charge in [-0.3, -0.25) is 0 Å². The summed E-state index contributed by atoms with van der Waals surface area (Å²) in [5.74, 6) is 0.737. The van der Waals surface area contributed by atoms with Gasteiger partial charge in [-0.25, -0.2) is 9.97 Å². The zero-order chi connectivity index (χ0) is 20.8. The highest BCUT2D eigenvalue weighted by molar-refractivity contribution is 5.47. The summed E-state index contributed by atoms with van der Waals surface area (Å²) < 4.78 is 11.2. The first-order valence-electron chi connectivity index (χ1n) is 10.4. The molecule has 30 heavy (non-hydrogen) atoms. The molecule has 0 atom stereocenters. The van der Waals surface area contributed by atoms with Crippen molar-refractivity contribution in [3.05, 3.63) is 77.6 Å². The standard InChI is InChI=1S/C25H27N3O2/c1-18-4-6-19(7-5-18)24(2,3)20-8-10-22(11-9-20)30-23-26-12-21(13-27-23)28-14-25(15-28)16-29-17-25/h4-13H,14-17H2,1-3H3. The molecule has 0 saturated carbocycles. The van der Waals surface area contributed by atoms with E-state index in [2.05, 4.69) is 72.0 Å². The lowest BCUT2D eigenvalue weighted by atomic mass is 9.78. The molecule has 1 spiro atoms. The van der Waals surface area contributed by atoms with Crippen molar-refractivity contribution < 1.29 is 9.47 Å². The van der Waals surface area contributed by atoms with Crippen LogP contribution in [0.4, 0.5) is 5.69 Å². The molecule has 2 aliphatic rings. The lowest BCUT2D eigenvalue weighted by molar-refractivity contribution is -0.127. The molecular weight excluding hydrogens is 374 g/mol. The van der Waals surface area contributed by atoms with Crippen LogP contribution in [0.3, 0.4) is 0 Å². The maximum Gasteiger partial charge on any atom is 0.322 e. The fraction of sp³-hybridized carbons (Fsp3) is 0.360. The van der Waals surface area contributed by atoms with Crippen molar-refractivity contribution in [1.82, 2.24) is 9.97 Å². The van der Waals surface area contributed by atoms with Crippen molar-refractivity contribution in [1.29, 1.82) is 0 Å². The van der Waals surface area contributed by atoms with Crippen molar-refractivity contribution in [2.45, 2.75) is 26.2 Å². The number of aromatic nitrogens is 2. The smallest absolute Gasteiger partial charge is 0.322 e. The maximum absolute atomic E-state index is 5.87. The van der Waals surface area contributed by atoms with Gasteiger partial charge in [-0.05, 0) is 30.2 Å². The molecule has 0 unspecified atom stereocenters. The molecule has 0 aliphatic carbocycles. The Hall–Kier alpha value is -2.92. The number of aryl methyl sites for hydroxylation is 1. The van der Waals surface area contributed by atoms with Crippen LogP contribution in [0.25, 0.3) is 0 Å². The molecule has 0 bridgehead atoms. The molecule has 3 aromatic rings. The van der Waals surface area contributed by atoms with Gasteiger partial charge in [0, 0.05) is 18.5 Å². The molecule has 2 aromatic carbocycles. The number of benzene rings is 2. The van der Waals surface area contributed by atoms with Crippen molar-refractivity contribution in [2.24, 2.45) is 5.41 Å². The predicted molar refractivity (Wildman–Crippen MR) is 117 cm³/mol. The normalized spacial score (nSPS) is 17.4. The fourth-order valence-electron chi connectivity index (χ4n) is 4.23. The Balaban J connectivity index is 1.24. The first-order chi connectivity index (χ1) is 14.4. The quantitative estimate of drug-likeness (QED) is 0.618. The number of rotatable bonds is 5. The molecule has 0 radical (unpaired) electrons. The SMILES string of the molecule is Cc1ccc(C(C)(C)c2ccc(Oc3ncc(N4CC5(COC5)C4)cn3)cc2)cc1. The lowest BCUT2D eigenvalue weighted by Crippen LogP contribution is -2.66. The van der Waals surface area contributed by atoms with E-state index in [1.165, 1.54) is 16.7 Å². The minimum atomic E-state index is -0.0789.